The molecule has 0 spiro atoms. The SMILES string of the molecule is C=C(c1ccc(/C(N)=C/CC(/C=C\C)=C/CC(C)C)c(C)c1)N1CCC(C)CC1. The van der Waals surface area contributed by atoms with E-state index < -0.39 is 0 Å². The van der Waals surface area contributed by atoms with E-state index in [9.17, 15) is 0 Å². The van der Waals surface area contributed by atoms with E-state index >= 15 is 0 Å². The van der Waals surface area contributed by atoms with E-state index in [0.717, 1.165) is 48.8 Å². The van der Waals surface area contributed by atoms with Gasteiger partial charge in [0.15, 0.2) is 0 Å². The maximum atomic E-state index is 6.46. The van der Waals surface area contributed by atoms with Gasteiger partial charge < -0.3 is 10.6 Å². The molecule has 1 saturated heterocycles. The van der Waals surface area contributed by atoms with E-state index in [1.54, 1.807) is 0 Å². The highest BCUT2D eigenvalue weighted by atomic mass is 15.1. The highest BCUT2D eigenvalue weighted by Gasteiger charge is 2.18. The minimum Gasteiger partial charge on any atom is -0.398 e. The zero-order chi connectivity index (χ0) is 21.4. The van der Waals surface area contributed by atoms with E-state index in [2.05, 4.69) is 88.6 Å². The number of hydrogen-bond donors (Lipinski definition) is 1. The van der Waals surface area contributed by atoms with Crippen molar-refractivity contribution in [1.82, 2.24) is 4.90 Å². The summed E-state index contributed by atoms with van der Waals surface area (Å²) in [5.41, 5.74) is 13.3. The molecule has 0 amide bonds. The fraction of sp³-hybridized carbons (Fsp3) is 0.481. The van der Waals surface area contributed by atoms with E-state index in [0.29, 0.717) is 5.92 Å². The summed E-state index contributed by atoms with van der Waals surface area (Å²) < 4.78 is 0. The van der Waals surface area contributed by atoms with Crippen molar-refractivity contribution in [3.8, 4) is 0 Å². The van der Waals surface area contributed by atoms with Crippen LogP contribution in [0.5, 0.6) is 0 Å². The molecule has 1 heterocycles. The van der Waals surface area contributed by atoms with Gasteiger partial charge >= 0.3 is 0 Å². The molecule has 2 nitrogen and oxygen atoms in total. The van der Waals surface area contributed by atoms with E-state index in [1.807, 2.05) is 0 Å². The van der Waals surface area contributed by atoms with Gasteiger partial charge in [-0.3, -0.25) is 0 Å². The average Bonchev–Trinajstić information content (AvgIpc) is 2.69. The van der Waals surface area contributed by atoms with Gasteiger partial charge in [0.1, 0.15) is 0 Å². The van der Waals surface area contributed by atoms with Crippen LogP contribution in [0.3, 0.4) is 0 Å². The van der Waals surface area contributed by atoms with Crippen molar-refractivity contribution in [2.45, 2.75) is 60.3 Å². The van der Waals surface area contributed by atoms with E-state index in [1.165, 1.54) is 29.5 Å². The zero-order valence-electron chi connectivity index (χ0n) is 19.2. The number of benzene rings is 1. The standard InChI is InChI=1S/C27H40N2/c1-7-8-24(10-9-20(2)3)11-14-27(28)26-13-12-25(19-22(26)5)23(6)29-17-15-21(4)16-18-29/h7-8,10,12-14,19-21H,6,9,11,15-18,28H2,1-5H3/b8-7-,24-10+,27-14-. The van der Waals surface area contributed by atoms with Crippen LogP contribution < -0.4 is 5.73 Å². The lowest BCUT2D eigenvalue weighted by atomic mass is 9.96. The van der Waals surface area contributed by atoms with Crippen LogP contribution in [0.1, 0.15) is 70.1 Å². The lowest BCUT2D eigenvalue weighted by molar-refractivity contribution is 0.268. The van der Waals surface area contributed by atoms with Crippen LogP contribution in [-0.2, 0) is 0 Å². The third-order valence-corrected chi connectivity index (χ3v) is 5.83. The summed E-state index contributed by atoms with van der Waals surface area (Å²) in [6.45, 7) is 17.6. The molecule has 0 aromatic heterocycles. The number of hydrogen-bond acceptors (Lipinski definition) is 2. The minimum absolute atomic E-state index is 0.669. The predicted molar refractivity (Wildman–Crippen MR) is 129 cm³/mol. The molecule has 0 radical (unpaired) electrons. The largest absolute Gasteiger partial charge is 0.398 e. The molecule has 1 aliphatic heterocycles. The van der Waals surface area contributed by atoms with Gasteiger partial charge in [-0.05, 0) is 74.1 Å². The topological polar surface area (TPSA) is 29.3 Å². The first-order valence-corrected chi connectivity index (χ1v) is 11.1. The van der Waals surface area contributed by atoms with Crippen molar-refractivity contribution >= 4 is 11.4 Å². The van der Waals surface area contributed by atoms with Crippen LogP contribution in [-0.4, -0.2) is 18.0 Å². The minimum atomic E-state index is 0.669. The number of likely N-dealkylation sites (tertiary alicyclic amines) is 1. The summed E-state index contributed by atoms with van der Waals surface area (Å²) in [6, 6.07) is 6.56. The summed E-state index contributed by atoms with van der Waals surface area (Å²) in [7, 11) is 0. The molecule has 29 heavy (non-hydrogen) atoms. The molecular formula is C27H40N2. The average molecular weight is 393 g/mol. The molecule has 2 rings (SSSR count). The maximum absolute atomic E-state index is 6.46. The first-order valence-electron chi connectivity index (χ1n) is 11.1. The predicted octanol–water partition coefficient (Wildman–Crippen LogP) is 6.94. The molecule has 158 valence electrons. The second-order valence-electron chi connectivity index (χ2n) is 8.92. The quantitative estimate of drug-likeness (QED) is 0.486. The number of allylic oxidation sites excluding steroid dienone is 5. The number of nitrogens with zero attached hydrogens (tertiary/aromatic N) is 1. The van der Waals surface area contributed by atoms with Gasteiger partial charge in [0.2, 0.25) is 0 Å². The van der Waals surface area contributed by atoms with Gasteiger partial charge in [0.05, 0.1) is 0 Å². The molecule has 1 aromatic rings. The zero-order valence-corrected chi connectivity index (χ0v) is 19.2. The Hall–Kier alpha value is -2.22. The van der Waals surface area contributed by atoms with Crippen LogP contribution in [0.4, 0.5) is 0 Å². The Bertz CT molecular complexity index is 772. The van der Waals surface area contributed by atoms with Gasteiger partial charge in [-0.25, -0.2) is 0 Å². The molecule has 0 atom stereocenters. The van der Waals surface area contributed by atoms with E-state index in [-0.39, 0.29) is 0 Å². The summed E-state index contributed by atoms with van der Waals surface area (Å²) in [5, 5.41) is 0. The molecule has 0 bridgehead atoms. The third-order valence-electron chi connectivity index (χ3n) is 5.83. The number of piperidine rings is 1. The number of rotatable bonds is 8. The monoisotopic (exact) mass is 392 g/mol. The Morgan fingerprint density at radius 2 is 1.93 bits per heavy atom. The lowest BCUT2D eigenvalue weighted by Crippen LogP contribution is -2.31. The fourth-order valence-electron chi connectivity index (χ4n) is 3.79. The lowest BCUT2D eigenvalue weighted by Gasteiger charge is -2.33. The molecule has 0 aliphatic carbocycles. The Morgan fingerprint density at radius 1 is 1.24 bits per heavy atom. The molecule has 0 unspecified atom stereocenters. The molecular weight excluding hydrogens is 352 g/mol. The summed E-state index contributed by atoms with van der Waals surface area (Å²) >= 11 is 0. The molecule has 2 N–H and O–H groups in total. The maximum Gasteiger partial charge on any atom is 0.0366 e. The second-order valence-corrected chi connectivity index (χ2v) is 8.92. The highest BCUT2D eigenvalue weighted by molar-refractivity contribution is 5.70. The van der Waals surface area contributed by atoms with Crippen molar-refractivity contribution in [2.75, 3.05) is 13.1 Å². The Morgan fingerprint density at radius 3 is 2.52 bits per heavy atom. The van der Waals surface area contributed by atoms with Crippen molar-refractivity contribution in [2.24, 2.45) is 17.6 Å². The summed E-state index contributed by atoms with van der Waals surface area (Å²) in [6.07, 6.45) is 13.2. The van der Waals surface area contributed by atoms with Gasteiger partial charge in [-0.1, -0.05) is 63.8 Å². The van der Waals surface area contributed by atoms with Crippen LogP contribution >= 0.6 is 0 Å². The molecule has 1 fully saturated rings. The van der Waals surface area contributed by atoms with Crippen molar-refractivity contribution < 1.29 is 0 Å². The van der Waals surface area contributed by atoms with Crippen LogP contribution in [0.15, 0.2) is 54.7 Å². The summed E-state index contributed by atoms with van der Waals surface area (Å²) in [5.74, 6) is 1.50. The van der Waals surface area contributed by atoms with Gasteiger partial charge in [-0.15, -0.1) is 0 Å². The van der Waals surface area contributed by atoms with Crippen LogP contribution in [0.2, 0.25) is 0 Å². The van der Waals surface area contributed by atoms with Crippen molar-refractivity contribution in [1.29, 1.82) is 0 Å². The first kappa shape index (κ1) is 23.1. The second kappa shape index (κ2) is 11.1. The van der Waals surface area contributed by atoms with E-state index in [4.69, 9.17) is 5.73 Å². The number of aryl methyl sites for hydroxylation is 1. The molecule has 0 saturated carbocycles. The fourth-order valence-corrected chi connectivity index (χ4v) is 3.79. The van der Waals surface area contributed by atoms with Gasteiger partial charge in [-0.2, -0.15) is 0 Å². The normalized spacial score (nSPS) is 16.8. The first-order chi connectivity index (χ1) is 13.8. The van der Waals surface area contributed by atoms with Crippen molar-refractivity contribution in [3.05, 3.63) is 71.3 Å². The Balaban J connectivity index is 2.11. The third kappa shape index (κ3) is 6.96. The smallest absolute Gasteiger partial charge is 0.0366 e. The van der Waals surface area contributed by atoms with Crippen LogP contribution in [0, 0.1) is 18.8 Å². The Kier molecular flexibility index (Phi) is 8.82. The van der Waals surface area contributed by atoms with Crippen molar-refractivity contribution in [3.63, 3.8) is 0 Å². The van der Waals surface area contributed by atoms with Crippen LogP contribution in [0.25, 0.3) is 11.4 Å². The summed E-state index contributed by atoms with van der Waals surface area (Å²) in [4.78, 5) is 2.43. The molecule has 2 heteroatoms. The van der Waals surface area contributed by atoms with Gasteiger partial charge in [0.25, 0.3) is 0 Å². The highest BCUT2D eigenvalue weighted by Crippen LogP contribution is 2.27. The van der Waals surface area contributed by atoms with Gasteiger partial charge in [0, 0.05) is 30.0 Å². The molecule has 1 aliphatic rings. The molecule has 1 aromatic carbocycles. The number of nitrogens with two attached hydrogens (primary N) is 1. The Labute approximate surface area is 178 Å².